The van der Waals surface area contributed by atoms with Gasteiger partial charge in [-0.1, -0.05) is 102 Å². The number of fused-ring (bicyclic) bond motifs is 1. The number of hydrazone groups is 1. The van der Waals surface area contributed by atoms with Crippen LogP contribution in [0.2, 0.25) is 0 Å². The first-order valence-electron chi connectivity index (χ1n) is 13.6. The highest BCUT2D eigenvalue weighted by molar-refractivity contribution is 5.96. The summed E-state index contributed by atoms with van der Waals surface area (Å²) in [5.74, 6) is 0. The molecule has 0 saturated heterocycles. The quantitative estimate of drug-likeness (QED) is 0.155. The van der Waals surface area contributed by atoms with Gasteiger partial charge in [0, 0.05) is 22.4 Å². The summed E-state index contributed by atoms with van der Waals surface area (Å²) in [6, 6.07) is 50.9. The van der Waals surface area contributed by atoms with Gasteiger partial charge in [0.15, 0.2) is 0 Å². The van der Waals surface area contributed by atoms with Crippen LogP contribution in [0.3, 0.4) is 0 Å². The van der Waals surface area contributed by atoms with E-state index in [1.54, 1.807) is 0 Å². The van der Waals surface area contributed by atoms with Crippen molar-refractivity contribution in [3.8, 4) is 0 Å². The number of hydrogen-bond donors (Lipinski definition) is 0. The molecule has 0 spiro atoms. The van der Waals surface area contributed by atoms with Crippen molar-refractivity contribution >= 4 is 45.4 Å². The van der Waals surface area contributed by atoms with Gasteiger partial charge in [0.2, 0.25) is 0 Å². The third kappa shape index (κ3) is 5.36. The Bertz CT molecular complexity index is 1690. The van der Waals surface area contributed by atoms with Crippen molar-refractivity contribution in [2.45, 2.75) is 13.8 Å². The highest BCUT2D eigenvalue weighted by atomic mass is 15.5. The number of para-hydroxylation sites is 1. The zero-order valence-electron chi connectivity index (χ0n) is 22.8. The second-order valence-electron chi connectivity index (χ2n) is 9.99. The first-order valence-corrected chi connectivity index (χ1v) is 13.6. The fraction of sp³-hybridized carbons (Fsp3) is 0.0541. The molecule has 3 heteroatoms. The molecule has 0 fully saturated rings. The molecule has 6 aromatic carbocycles. The highest BCUT2D eigenvalue weighted by Gasteiger charge is 2.13. The van der Waals surface area contributed by atoms with Crippen LogP contribution in [0.4, 0.5) is 28.4 Å². The van der Waals surface area contributed by atoms with Gasteiger partial charge in [-0.3, -0.25) is 0 Å². The minimum Gasteiger partial charge on any atom is -0.311 e. The van der Waals surface area contributed by atoms with E-state index >= 15 is 0 Å². The fourth-order valence-electron chi connectivity index (χ4n) is 4.90. The second kappa shape index (κ2) is 11.3. The van der Waals surface area contributed by atoms with Gasteiger partial charge in [-0.2, -0.15) is 5.10 Å². The van der Waals surface area contributed by atoms with Gasteiger partial charge in [0.05, 0.1) is 17.6 Å². The van der Waals surface area contributed by atoms with Gasteiger partial charge in [-0.15, -0.1) is 0 Å². The number of anilines is 5. The summed E-state index contributed by atoms with van der Waals surface area (Å²) in [5, 5.41) is 9.35. The smallest absolute Gasteiger partial charge is 0.0730 e. The molecule has 0 amide bonds. The minimum atomic E-state index is 1.01. The van der Waals surface area contributed by atoms with E-state index in [1.165, 1.54) is 16.5 Å². The molecule has 0 aliphatic carbocycles. The van der Waals surface area contributed by atoms with E-state index in [0.29, 0.717) is 0 Å². The molecule has 40 heavy (non-hydrogen) atoms. The zero-order valence-corrected chi connectivity index (χ0v) is 22.8. The maximum Gasteiger partial charge on any atom is 0.0730 e. The molecule has 0 aliphatic rings. The molecule has 0 unspecified atom stereocenters. The average molecular weight is 518 g/mol. The van der Waals surface area contributed by atoms with Gasteiger partial charge < -0.3 is 4.90 Å². The molecule has 0 atom stereocenters. The van der Waals surface area contributed by atoms with Gasteiger partial charge in [-0.05, 0) is 79.4 Å². The molecule has 0 heterocycles. The standard InChI is InChI=1S/C37H31N3/c1-28-15-21-32(22-16-28)39(33-23-17-29(2)18-24-33)34-25-19-30(20-26-34)27-38-40(35-11-4-3-5-12-35)37-14-8-10-31-9-6-7-13-36(31)37/h3-27H,1-2H3. The van der Waals surface area contributed by atoms with Crippen LogP contribution in [-0.2, 0) is 0 Å². The largest absolute Gasteiger partial charge is 0.311 e. The predicted molar refractivity (Wildman–Crippen MR) is 171 cm³/mol. The van der Waals surface area contributed by atoms with Crippen molar-refractivity contribution in [3.63, 3.8) is 0 Å². The molecule has 3 nitrogen and oxygen atoms in total. The van der Waals surface area contributed by atoms with Crippen molar-refractivity contribution in [2.75, 3.05) is 9.91 Å². The van der Waals surface area contributed by atoms with Crippen molar-refractivity contribution in [3.05, 3.63) is 162 Å². The molecule has 6 rings (SSSR count). The Morgan fingerprint density at radius 2 is 1.00 bits per heavy atom. The van der Waals surface area contributed by atoms with E-state index in [-0.39, 0.29) is 0 Å². The topological polar surface area (TPSA) is 18.8 Å². The van der Waals surface area contributed by atoms with Crippen molar-refractivity contribution in [1.82, 2.24) is 0 Å². The van der Waals surface area contributed by atoms with Crippen LogP contribution in [0.1, 0.15) is 16.7 Å². The Kier molecular flexibility index (Phi) is 7.11. The van der Waals surface area contributed by atoms with Gasteiger partial charge in [-0.25, -0.2) is 5.01 Å². The molecule has 0 radical (unpaired) electrons. The zero-order chi connectivity index (χ0) is 27.3. The van der Waals surface area contributed by atoms with Gasteiger partial charge >= 0.3 is 0 Å². The molecular formula is C37H31N3. The van der Waals surface area contributed by atoms with E-state index < -0.39 is 0 Å². The Labute approximate surface area is 236 Å². The van der Waals surface area contributed by atoms with Gasteiger partial charge in [0.25, 0.3) is 0 Å². The number of nitrogens with zero attached hydrogens (tertiary/aromatic N) is 3. The third-order valence-electron chi connectivity index (χ3n) is 7.05. The monoisotopic (exact) mass is 517 g/mol. The normalized spacial score (nSPS) is 11.2. The van der Waals surface area contributed by atoms with Crippen LogP contribution in [0.15, 0.2) is 151 Å². The van der Waals surface area contributed by atoms with E-state index in [4.69, 9.17) is 5.10 Å². The maximum atomic E-state index is 4.99. The maximum absolute atomic E-state index is 4.99. The molecule has 0 saturated carbocycles. The number of aryl methyl sites for hydroxylation is 2. The fourth-order valence-corrected chi connectivity index (χ4v) is 4.90. The van der Waals surface area contributed by atoms with Gasteiger partial charge in [0.1, 0.15) is 0 Å². The summed E-state index contributed by atoms with van der Waals surface area (Å²) in [4.78, 5) is 2.28. The van der Waals surface area contributed by atoms with Crippen LogP contribution in [0.5, 0.6) is 0 Å². The first kappa shape index (κ1) is 25.1. The number of hydrogen-bond acceptors (Lipinski definition) is 3. The summed E-state index contributed by atoms with van der Waals surface area (Å²) >= 11 is 0. The van der Waals surface area contributed by atoms with E-state index in [0.717, 1.165) is 39.4 Å². The summed E-state index contributed by atoms with van der Waals surface area (Å²) in [5.41, 5.74) is 8.92. The third-order valence-corrected chi connectivity index (χ3v) is 7.05. The van der Waals surface area contributed by atoms with E-state index in [9.17, 15) is 0 Å². The van der Waals surface area contributed by atoms with Crippen LogP contribution >= 0.6 is 0 Å². The van der Waals surface area contributed by atoms with Crippen molar-refractivity contribution < 1.29 is 0 Å². The Morgan fingerprint density at radius 3 is 1.62 bits per heavy atom. The average Bonchev–Trinajstić information content (AvgIpc) is 3.01. The predicted octanol–water partition coefficient (Wildman–Crippen LogP) is 10.1. The highest BCUT2D eigenvalue weighted by Crippen LogP contribution is 2.35. The lowest BCUT2D eigenvalue weighted by atomic mass is 10.1. The number of rotatable bonds is 7. The summed E-state index contributed by atoms with van der Waals surface area (Å²) in [7, 11) is 0. The molecular weight excluding hydrogens is 486 g/mol. The molecule has 0 aromatic heterocycles. The lowest BCUT2D eigenvalue weighted by Gasteiger charge is -2.26. The van der Waals surface area contributed by atoms with Crippen molar-refractivity contribution in [1.29, 1.82) is 0 Å². The lowest BCUT2D eigenvalue weighted by molar-refractivity contribution is 1.10. The van der Waals surface area contributed by atoms with Crippen LogP contribution < -0.4 is 9.91 Å². The SMILES string of the molecule is Cc1ccc(N(c2ccc(C)cc2)c2ccc(C=NN(c3ccccc3)c3cccc4ccccc34)cc2)cc1. The van der Waals surface area contributed by atoms with Crippen molar-refractivity contribution in [2.24, 2.45) is 5.10 Å². The Balaban J connectivity index is 1.35. The second-order valence-corrected chi connectivity index (χ2v) is 9.99. The van der Waals surface area contributed by atoms with Crippen LogP contribution in [-0.4, -0.2) is 6.21 Å². The first-order chi connectivity index (χ1) is 19.7. The number of benzene rings is 6. The Hall–Kier alpha value is -5.15. The molecule has 6 aromatic rings. The Morgan fingerprint density at radius 1 is 0.475 bits per heavy atom. The van der Waals surface area contributed by atoms with Crippen LogP contribution in [0, 0.1) is 13.8 Å². The molecule has 0 bridgehead atoms. The lowest BCUT2D eigenvalue weighted by Crippen LogP contribution is -2.11. The molecule has 194 valence electrons. The minimum absolute atomic E-state index is 1.01. The molecule has 0 aliphatic heterocycles. The summed E-state index contributed by atoms with van der Waals surface area (Å²) in [6.07, 6.45) is 1.93. The summed E-state index contributed by atoms with van der Waals surface area (Å²) in [6.45, 7) is 4.23. The van der Waals surface area contributed by atoms with Crippen LogP contribution in [0.25, 0.3) is 10.8 Å². The van der Waals surface area contributed by atoms with E-state index in [1.807, 2.05) is 29.4 Å². The molecule has 0 N–H and O–H groups in total. The summed E-state index contributed by atoms with van der Waals surface area (Å²) < 4.78 is 0. The van der Waals surface area contributed by atoms with E-state index in [2.05, 4.69) is 146 Å².